The van der Waals surface area contributed by atoms with Crippen molar-refractivity contribution in [2.45, 2.75) is 29.6 Å². The number of aromatic nitrogens is 3. The summed E-state index contributed by atoms with van der Waals surface area (Å²) in [6.07, 6.45) is 2.81. The first-order valence-corrected chi connectivity index (χ1v) is 14.7. The predicted octanol–water partition coefficient (Wildman–Crippen LogP) is 3.99. The molecule has 11 nitrogen and oxygen atoms in total. The number of hydrogen-bond acceptors (Lipinski definition) is 7. The van der Waals surface area contributed by atoms with Crippen molar-refractivity contribution in [3.05, 3.63) is 81.2 Å². The Balaban J connectivity index is 1.44. The number of hydrogen-bond donors (Lipinski definition) is 3. The smallest absolute Gasteiger partial charge is 0.261 e. The summed E-state index contributed by atoms with van der Waals surface area (Å²) in [6.45, 7) is 0.821. The SMILES string of the molecule is CN(C)S(=O)(=O)c1ccc(Nc2n[nH]c3c(C4(CC#N)CCN(C(=O)c5ccccc5Cl)CC4)c[nH]c(=O)c23)cc1. The molecular formula is C28H28ClN7O4S. The van der Waals surface area contributed by atoms with Crippen molar-refractivity contribution in [3.8, 4) is 6.07 Å². The first-order valence-electron chi connectivity index (χ1n) is 12.9. The summed E-state index contributed by atoms with van der Waals surface area (Å²) in [5.74, 6) is 0.106. The van der Waals surface area contributed by atoms with Gasteiger partial charge in [-0.3, -0.25) is 14.7 Å². The van der Waals surface area contributed by atoms with Crippen LogP contribution >= 0.6 is 11.6 Å². The molecule has 1 aliphatic rings. The van der Waals surface area contributed by atoms with Crippen molar-refractivity contribution in [1.29, 1.82) is 5.26 Å². The molecule has 0 atom stereocenters. The average Bonchev–Trinajstić information content (AvgIpc) is 3.38. The Kier molecular flexibility index (Phi) is 7.61. The number of halogens is 1. The van der Waals surface area contributed by atoms with E-state index >= 15 is 0 Å². The van der Waals surface area contributed by atoms with Crippen LogP contribution in [0.15, 0.2) is 64.4 Å². The van der Waals surface area contributed by atoms with Crippen molar-refractivity contribution >= 4 is 49.9 Å². The number of benzene rings is 2. The molecule has 0 radical (unpaired) electrons. The van der Waals surface area contributed by atoms with Crippen LogP contribution in [0.1, 0.15) is 35.2 Å². The zero-order valence-electron chi connectivity index (χ0n) is 22.4. The van der Waals surface area contributed by atoms with Gasteiger partial charge in [-0.1, -0.05) is 23.7 Å². The minimum atomic E-state index is -3.58. The monoisotopic (exact) mass is 593 g/mol. The quantitative estimate of drug-likeness (QED) is 0.293. The number of anilines is 2. The Bertz CT molecular complexity index is 1820. The van der Waals surface area contributed by atoms with Crippen molar-refractivity contribution in [2.24, 2.45) is 0 Å². The van der Waals surface area contributed by atoms with Crippen molar-refractivity contribution < 1.29 is 13.2 Å². The summed E-state index contributed by atoms with van der Waals surface area (Å²) in [4.78, 5) is 30.8. The van der Waals surface area contributed by atoms with Gasteiger partial charge >= 0.3 is 0 Å². The van der Waals surface area contributed by atoms with Gasteiger partial charge in [-0.05, 0) is 49.2 Å². The maximum absolute atomic E-state index is 13.1. The molecule has 3 heterocycles. The van der Waals surface area contributed by atoms with Crippen LogP contribution in [0.4, 0.5) is 11.5 Å². The van der Waals surface area contributed by atoms with Gasteiger partial charge < -0.3 is 15.2 Å². The lowest BCUT2D eigenvalue weighted by molar-refractivity contribution is 0.0668. The summed E-state index contributed by atoms with van der Waals surface area (Å²) in [6, 6.07) is 15.3. The summed E-state index contributed by atoms with van der Waals surface area (Å²) in [5, 5.41) is 20.9. The van der Waals surface area contributed by atoms with E-state index in [0.717, 1.165) is 9.87 Å². The number of nitrogens with one attached hydrogen (secondary N) is 3. The molecule has 2 aromatic carbocycles. The first-order chi connectivity index (χ1) is 19.6. The molecule has 1 amide bonds. The molecule has 0 unspecified atom stereocenters. The van der Waals surface area contributed by atoms with Crippen molar-refractivity contribution in [3.63, 3.8) is 0 Å². The normalized spacial score (nSPS) is 15.1. The van der Waals surface area contributed by atoms with Gasteiger partial charge in [0.05, 0.1) is 27.1 Å². The molecule has 13 heteroatoms. The zero-order valence-corrected chi connectivity index (χ0v) is 24.0. The second-order valence-electron chi connectivity index (χ2n) is 10.2. The molecule has 5 rings (SSSR count). The lowest BCUT2D eigenvalue weighted by Gasteiger charge is -2.41. The summed E-state index contributed by atoms with van der Waals surface area (Å²) >= 11 is 6.25. The van der Waals surface area contributed by atoms with Gasteiger partial charge in [0, 0.05) is 56.5 Å². The fraction of sp³-hybridized carbons (Fsp3) is 0.286. The number of amides is 1. The van der Waals surface area contributed by atoms with Crippen LogP contribution in [0.5, 0.6) is 0 Å². The van der Waals surface area contributed by atoms with Crippen LogP contribution in [0, 0.1) is 11.3 Å². The number of nitrogens with zero attached hydrogens (tertiary/aromatic N) is 4. The van der Waals surface area contributed by atoms with E-state index < -0.39 is 15.4 Å². The summed E-state index contributed by atoms with van der Waals surface area (Å²) in [5.41, 5.74) is 1.23. The van der Waals surface area contributed by atoms with Gasteiger partial charge in [0.15, 0.2) is 5.82 Å². The third-order valence-corrected chi connectivity index (χ3v) is 9.77. The number of aromatic amines is 2. The lowest BCUT2D eigenvalue weighted by atomic mass is 9.70. The minimum Gasteiger partial charge on any atom is -0.339 e. The number of H-pyrrole nitrogens is 2. The molecule has 1 fully saturated rings. The minimum absolute atomic E-state index is 0.137. The van der Waals surface area contributed by atoms with Crippen LogP contribution < -0.4 is 10.9 Å². The maximum Gasteiger partial charge on any atom is 0.261 e. The van der Waals surface area contributed by atoms with E-state index in [1.54, 1.807) is 47.5 Å². The summed E-state index contributed by atoms with van der Waals surface area (Å²) < 4.78 is 25.9. The Morgan fingerprint density at radius 2 is 1.85 bits per heavy atom. The van der Waals surface area contributed by atoms with Gasteiger partial charge in [-0.15, -0.1) is 0 Å². The van der Waals surface area contributed by atoms with E-state index in [1.165, 1.54) is 26.2 Å². The number of carbonyl (C=O) groups excluding carboxylic acids is 1. The van der Waals surface area contributed by atoms with Crippen molar-refractivity contribution in [2.75, 3.05) is 32.5 Å². The van der Waals surface area contributed by atoms with Crippen LogP contribution in [-0.2, 0) is 15.4 Å². The number of piperidine rings is 1. The number of nitriles is 1. The van der Waals surface area contributed by atoms with E-state index in [4.69, 9.17) is 11.6 Å². The third kappa shape index (κ3) is 5.19. The second-order valence-corrected chi connectivity index (χ2v) is 12.7. The predicted molar refractivity (Wildman–Crippen MR) is 156 cm³/mol. The molecule has 0 bridgehead atoms. The topological polar surface area (TPSA) is 155 Å². The van der Waals surface area contributed by atoms with Crippen LogP contribution in [0.2, 0.25) is 5.02 Å². The third-order valence-electron chi connectivity index (χ3n) is 7.61. The molecule has 1 aliphatic heterocycles. The van der Waals surface area contributed by atoms with Crippen LogP contribution in [-0.4, -0.2) is 65.9 Å². The largest absolute Gasteiger partial charge is 0.339 e. The average molecular weight is 594 g/mol. The van der Waals surface area contributed by atoms with Gasteiger partial charge in [0.2, 0.25) is 10.0 Å². The fourth-order valence-electron chi connectivity index (χ4n) is 5.24. The van der Waals surface area contributed by atoms with Gasteiger partial charge in [-0.2, -0.15) is 10.4 Å². The molecule has 0 aliphatic carbocycles. The number of pyridine rings is 1. The highest BCUT2D eigenvalue weighted by Gasteiger charge is 2.40. The number of sulfonamides is 1. The Morgan fingerprint density at radius 1 is 1.17 bits per heavy atom. The number of likely N-dealkylation sites (tertiary alicyclic amines) is 1. The van der Waals surface area contributed by atoms with Gasteiger partial charge in [-0.25, -0.2) is 12.7 Å². The van der Waals surface area contributed by atoms with E-state index in [1.807, 2.05) is 0 Å². The van der Waals surface area contributed by atoms with Crippen molar-refractivity contribution in [1.82, 2.24) is 24.4 Å². The molecule has 0 spiro atoms. The molecular weight excluding hydrogens is 566 g/mol. The van der Waals surface area contributed by atoms with Gasteiger partial charge in [0.1, 0.15) is 5.39 Å². The maximum atomic E-state index is 13.1. The molecule has 41 heavy (non-hydrogen) atoms. The molecule has 0 saturated carbocycles. The van der Waals surface area contributed by atoms with E-state index in [2.05, 4.69) is 26.6 Å². The number of carbonyl (C=O) groups is 1. The van der Waals surface area contributed by atoms with Crippen LogP contribution in [0.25, 0.3) is 10.9 Å². The second kappa shape index (κ2) is 11.0. The molecule has 3 N–H and O–H groups in total. The number of rotatable bonds is 7. The molecule has 212 valence electrons. The Hall–Kier alpha value is -4.18. The highest BCUT2D eigenvalue weighted by molar-refractivity contribution is 7.89. The Labute approximate surface area is 241 Å². The molecule has 1 saturated heterocycles. The van der Waals surface area contributed by atoms with Crippen LogP contribution in [0.3, 0.4) is 0 Å². The highest BCUT2D eigenvalue weighted by atomic mass is 35.5. The standard InChI is InChI=1S/C28H28ClN7O4S/c1-35(2)41(39,40)19-9-7-18(8-10-19)32-25-23-24(33-34-25)21(17-31-26(23)37)28(11-14-30)12-15-36(16-13-28)27(38)20-5-3-4-6-22(20)29/h3-10,17H,11-13,15-16H2,1-2H3,(H,31,37)(H2,32,33,34). The number of fused-ring (bicyclic) bond motifs is 1. The van der Waals surface area contributed by atoms with E-state index in [-0.39, 0.29) is 28.6 Å². The fourth-order valence-corrected chi connectivity index (χ4v) is 6.36. The van der Waals surface area contributed by atoms with E-state index in [9.17, 15) is 23.3 Å². The highest BCUT2D eigenvalue weighted by Crippen LogP contribution is 2.41. The lowest BCUT2D eigenvalue weighted by Crippen LogP contribution is -2.45. The Morgan fingerprint density at radius 3 is 2.49 bits per heavy atom. The first kappa shape index (κ1) is 28.4. The zero-order chi connectivity index (χ0) is 29.4. The molecule has 4 aromatic rings. The van der Waals surface area contributed by atoms with E-state index in [0.29, 0.717) is 53.1 Å². The summed E-state index contributed by atoms with van der Waals surface area (Å²) in [7, 11) is -0.665. The van der Waals surface area contributed by atoms with Gasteiger partial charge in [0.25, 0.3) is 11.5 Å². The molecule has 2 aromatic heterocycles.